The number of rotatable bonds is 7. The molecule has 1 aromatic carbocycles. The summed E-state index contributed by atoms with van der Waals surface area (Å²) in [4.78, 5) is 4.44. The Labute approximate surface area is 191 Å². The van der Waals surface area contributed by atoms with Gasteiger partial charge in [-0.25, -0.2) is 13.4 Å². The molecule has 2 aromatic rings. The molecular formula is C18H28ClNO8S3. The third-order valence-corrected chi connectivity index (χ3v) is 4.61. The van der Waals surface area contributed by atoms with Crippen molar-refractivity contribution >= 4 is 51.4 Å². The molecule has 0 aliphatic carbocycles. The van der Waals surface area contributed by atoms with Crippen LogP contribution < -0.4 is 9.47 Å². The lowest BCUT2D eigenvalue weighted by atomic mass is 10.1. The molecular weight excluding hydrogens is 490 g/mol. The van der Waals surface area contributed by atoms with Crippen LogP contribution >= 0.6 is 22.0 Å². The van der Waals surface area contributed by atoms with Crippen molar-refractivity contribution in [2.45, 2.75) is 52.4 Å². The molecule has 1 aromatic heterocycles. The van der Waals surface area contributed by atoms with E-state index < -0.39 is 30.9 Å². The molecule has 0 unspecified atom stereocenters. The molecule has 0 saturated heterocycles. The highest BCUT2D eigenvalue weighted by Crippen LogP contribution is 2.38. The van der Waals surface area contributed by atoms with E-state index in [0.29, 0.717) is 26.7 Å². The number of nitrogens with zero attached hydrogens (tertiary/aromatic N) is 1. The lowest BCUT2D eigenvalue weighted by Gasteiger charge is -2.22. The third-order valence-electron chi connectivity index (χ3n) is 3.03. The van der Waals surface area contributed by atoms with E-state index in [0.717, 1.165) is 12.5 Å². The number of ether oxygens (including phenoxy) is 2. The summed E-state index contributed by atoms with van der Waals surface area (Å²) in [6, 6.07) is 3.46. The summed E-state index contributed by atoms with van der Waals surface area (Å²) in [5.74, 6) is 0.528. The van der Waals surface area contributed by atoms with Gasteiger partial charge in [-0.15, -0.1) is 0 Å². The van der Waals surface area contributed by atoms with E-state index in [1.54, 1.807) is 12.1 Å². The number of aromatic nitrogens is 1. The van der Waals surface area contributed by atoms with E-state index in [1.165, 1.54) is 11.3 Å². The van der Waals surface area contributed by atoms with E-state index in [2.05, 4.69) is 15.7 Å². The maximum atomic E-state index is 11.2. The van der Waals surface area contributed by atoms with Gasteiger partial charge in [0.15, 0.2) is 0 Å². The molecule has 13 heteroatoms. The number of aliphatic hydroxyl groups excluding tert-OH is 1. The average Bonchev–Trinajstić information content (AvgIpc) is 2.89. The van der Waals surface area contributed by atoms with Crippen molar-refractivity contribution < 1.29 is 35.6 Å². The van der Waals surface area contributed by atoms with Crippen LogP contribution in [0.25, 0.3) is 10.2 Å². The minimum Gasteiger partial charge on any atom is -0.488 e. The highest BCUT2D eigenvalue weighted by atomic mass is 35.7. The molecule has 0 aliphatic rings. The molecule has 0 amide bonds. The van der Waals surface area contributed by atoms with Crippen molar-refractivity contribution in [3.8, 4) is 10.9 Å². The second-order valence-electron chi connectivity index (χ2n) is 7.91. The van der Waals surface area contributed by atoms with Crippen LogP contribution in [0.3, 0.4) is 0 Å². The maximum absolute atomic E-state index is 11.2. The van der Waals surface area contributed by atoms with Gasteiger partial charge in [0, 0.05) is 22.3 Å². The number of aliphatic hydroxyl groups is 1. The van der Waals surface area contributed by atoms with Gasteiger partial charge in [0.2, 0.25) is 9.05 Å². The lowest BCUT2D eigenvalue weighted by Crippen LogP contribution is -2.23. The fourth-order valence-corrected chi connectivity index (χ4v) is 3.66. The standard InChI is InChI=1S/C17H25NO6S2.CH3ClO2S/c1-10(2)23-16-18-13-8-11(24-17(3,4)5)7-12(15(13)25-16)14(19)9-22-26(6,20)21;1-5(2,3)4/h7-8,10,14,19H,9H2,1-6H3;1H3/t14-;/m0./s1. The minimum atomic E-state index is -3.66. The summed E-state index contributed by atoms with van der Waals surface area (Å²) in [6.07, 6.45) is 0.676. The van der Waals surface area contributed by atoms with E-state index in [4.69, 9.17) is 13.7 Å². The normalized spacial score (nSPS) is 13.6. The van der Waals surface area contributed by atoms with Crippen LogP contribution in [0.5, 0.6) is 10.9 Å². The van der Waals surface area contributed by atoms with Crippen LogP contribution in [0.4, 0.5) is 0 Å². The minimum absolute atomic E-state index is 0.0391. The molecule has 1 heterocycles. The molecule has 1 N–H and O–H groups in total. The topological polar surface area (TPSA) is 129 Å². The first-order valence-corrected chi connectivity index (χ1v) is 14.4. The second-order valence-corrected chi connectivity index (χ2v) is 13.6. The van der Waals surface area contributed by atoms with Gasteiger partial charge in [-0.05, 0) is 40.7 Å². The van der Waals surface area contributed by atoms with Crippen LogP contribution in [0.1, 0.15) is 46.3 Å². The van der Waals surface area contributed by atoms with Gasteiger partial charge >= 0.3 is 0 Å². The average molecular weight is 518 g/mol. The van der Waals surface area contributed by atoms with Gasteiger partial charge in [-0.3, -0.25) is 4.18 Å². The molecule has 9 nitrogen and oxygen atoms in total. The summed E-state index contributed by atoms with van der Waals surface area (Å²) in [7, 11) is -2.35. The highest BCUT2D eigenvalue weighted by molar-refractivity contribution is 8.13. The summed E-state index contributed by atoms with van der Waals surface area (Å²) >= 11 is 1.29. The summed E-state index contributed by atoms with van der Waals surface area (Å²) in [5.41, 5.74) is 0.661. The van der Waals surface area contributed by atoms with Crippen molar-refractivity contribution in [3.05, 3.63) is 17.7 Å². The number of fused-ring (bicyclic) bond motifs is 1. The zero-order valence-corrected chi connectivity index (χ0v) is 21.6. The van der Waals surface area contributed by atoms with Crippen molar-refractivity contribution in [1.82, 2.24) is 4.98 Å². The first kappa shape index (κ1) is 27.9. The number of benzene rings is 1. The lowest BCUT2D eigenvalue weighted by molar-refractivity contribution is 0.111. The second kappa shape index (κ2) is 10.6. The fraction of sp³-hybridized carbons (Fsp3) is 0.611. The van der Waals surface area contributed by atoms with E-state index in [9.17, 15) is 21.9 Å². The zero-order chi connectivity index (χ0) is 24.2. The van der Waals surface area contributed by atoms with E-state index >= 15 is 0 Å². The Balaban J connectivity index is 0.000000861. The van der Waals surface area contributed by atoms with Crippen LogP contribution in [0, 0.1) is 0 Å². The maximum Gasteiger partial charge on any atom is 0.274 e. The largest absolute Gasteiger partial charge is 0.488 e. The Kier molecular flexibility index (Phi) is 9.55. The number of thiazole rings is 1. The quantitative estimate of drug-likeness (QED) is 0.433. The van der Waals surface area contributed by atoms with Crippen molar-refractivity contribution in [1.29, 1.82) is 0 Å². The first-order valence-electron chi connectivity index (χ1n) is 9.06. The van der Waals surface area contributed by atoms with Gasteiger partial charge in [0.1, 0.15) is 17.5 Å². The fourth-order valence-electron chi connectivity index (χ4n) is 2.20. The van der Waals surface area contributed by atoms with Crippen molar-refractivity contribution in [2.24, 2.45) is 0 Å². The summed E-state index contributed by atoms with van der Waals surface area (Å²) < 4.78 is 58.2. The highest BCUT2D eigenvalue weighted by Gasteiger charge is 2.21. The van der Waals surface area contributed by atoms with Crippen LogP contribution in [-0.4, -0.2) is 57.7 Å². The Morgan fingerprint density at radius 2 is 1.71 bits per heavy atom. The van der Waals surface area contributed by atoms with Gasteiger partial charge in [-0.1, -0.05) is 11.3 Å². The predicted octanol–water partition coefficient (Wildman–Crippen LogP) is 3.46. The Morgan fingerprint density at radius 3 is 2.16 bits per heavy atom. The summed E-state index contributed by atoms with van der Waals surface area (Å²) in [5, 5.41) is 11.0. The molecule has 0 bridgehead atoms. The van der Waals surface area contributed by atoms with Crippen LogP contribution in [0.2, 0.25) is 0 Å². The molecule has 1 atom stereocenters. The van der Waals surface area contributed by atoms with Crippen LogP contribution in [0.15, 0.2) is 12.1 Å². The monoisotopic (exact) mass is 517 g/mol. The number of hydrogen-bond donors (Lipinski definition) is 1. The van der Waals surface area contributed by atoms with Gasteiger partial charge < -0.3 is 14.6 Å². The molecule has 178 valence electrons. The third kappa shape index (κ3) is 11.9. The molecule has 0 radical (unpaired) electrons. The Bertz CT molecular complexity index is 1080. The van der Waals surface area contributed by atoms with Crippen molar-refractivity contribution in [3.63, 3.8) is 0 Å². The molecule has 0 aliphatic heterocycles. The molecule has 0 spiro atoms. The summed E-state index contributed by atoms with van der Waals surface area (Å²) in [6.45, 7) is 9.15. The molecule has 31 heavy (non-hydrogen) atoms. The molecule has 0 saturated carbocycles. The first-order chi connectivity index (χ1) is 13.8. The number of halogens is 1. The predicted molar refractivity (Wildman–Crippen MR) is 122 cm³/mol. The van der Waals surface area contributed by atoms with Crippen LogP contribution in [-0.2, 0) is 23.4 Å². The van der Waals surface area contributed by atoms with E-state index in [-0.39, 0.29) is 12.7 Å². The Morgan fingerprint density at radius 1 is 1.16 bits per heavy atom. The number of hydrogen-bond acceptors (Lipinski definition) is 10. The van der Waals surface area contributed by atoms with Crippen molar-refractivity contribution in [2.75, 3.05) is 19.1 Å². The smallest absolute Gasteiger partial charge is 0.274 e. The van der Waals surface area contributed by atoms with Gasteiger partial charge in [0.25, 0.3) is 15.3 Å². The molecule has 0 fully saturated rings. The SMILES string of the molecule is CC(C)Oc1nc2cc(OC(C)(C)C)cc([C@@H](O)COS(C)(=O)=O)c2s1.CS(=O)(=O)Cl. The molecule has 2 rings (SSSR count). The van der Waals surface area contributed by atoms with E-state index in [1.807, 2.05) is 34.6 Å². The van der Waals surface area contributed by atoms with Gasteiger partial charge in [-0.2, -0.15) is 8.42 Å². The zero-order valence-electron chi connectivity index (χ0n) is 18.4. The van der Waals surface area contributed by atoms with Gasteiger partial charge in [0.05, 0.1) is 35.4 Å². The Hall–Kier alpha value is -1.18.